The zero-order chi connectivity index (χ0) is 13.2. The molecule has 1 heterocycles. The first-order valence-corrected chi connectivity index (χ1v) is 7.12. The molecule has 1 rings (SSSR count). The number of nitrogens with zero attached hydrogens (tertiary/aromatic N) is 2. The minimum Gasteiger partial charge on any atom is -0.480 e. The van der Waals surface area contributed by atoms with Crippen molar-refractivity contribution in [3.63, 3.8) is 0 Å². The summed E-state index contributed by atoms with van der Waals surface area (Å²) in [5.74, 6) is -0.765. The molecule has 0 radical (unpaired) electrons. The van der Waals surface area contributed by atoms with E-state index in [1.165, 1.54) is 14.1 Å². The average molecular weight is 264 g/mol. The number of hydrogen-bond donors (Lipinski definition) is 1. The fourth-order valence-electron chi connectivity index (χ4n) is 2.10. The highest BCUT2D eigenvalue weighted by molar-refractivity contribution is 7.86. The molecule has 1 aliphatic heterocycles. The maximum Gasteiger partial charge on any atom is 0.322 e. The Hall–Kier alpha value is -0.660. The molecule has 1 fully saturated rings. The summed E-state index contributed by atoms with van der Waals surface area (Å²) >= 11 is 0. The molecule has 0 aromatic rings. The molecule has 0 saturated carbocycles. The van der Waals surface area contributed by atoms with Gasteiger partial charge in [0.2, 0.25) is 0 Å². The first-order valence-electron chi connectivity index (χ1n) is 5.72. The molecular weight excluding hydrogens is 244 g/mol. The Kier molecular flexibility index (Phi) is 4.51. The Morgan fingerprint density at radius 2 is 2.06 bits per heavy atom. The van der Waals surface area contributed by atoms with E-state index in [0.717, 1.165) is 21.5 Å². The summed E-state index contributed by atoms with van der Waals surface area (Å²) in [4.78, 5) is 11.2. The van der Waals surface area contributed by atoms with Gasteiger partial charge in [0.15, 0.2) is 0 Å². The molecule has 7 heteroatoms. The third kappa shape index (κ3) is 2.97. The predicted molar refractivity (Wildman–Crippen MR) is 63.8 cm³/mol. The summed E-state index contributed by atoms with van der Waals surface area (Å²) in [5, 5.41) is 9.14. The van der Waals surface area contributed by atoms with Crippen LogP contribution in [0.4, 0.5) is 0 Å². The number of hydrogen-bond acceptors (Lipinski definition) is 3. The molecule has 17 heavy (non-hydrogen) atoms. The molecule has 0 aliphatic carbocycles. The Bertz CT molecular complexity index is 380. The molecule has 0 bridgehead atoms. The van der Waals surface area contributed by atoms with Crippen LogP contribution in [0.25, 0.3) is 0 Å². The molecular formula is C10H20N2O4S. The van der Waals surface area contributed by atoms with E-state index in [4.69, 9.17) is 5.11 Å². The van der Waals surface area contributed by atoms with Gasteiger partial charge < -0.3 is 5.11 Å². The zero-order valence-corrected chi connectivity index (χ0v) is 11.3. The van der Waals surface area contributed by atoms with Gasteiger partial charge in [-0.15, -0.1) is 0 Å². The lowest BCUT2D eigenvalue weighted by Crippen LogP contribution is -2.53. The summed E-state index contributed by atoms with van der Waals surface area (Å²) in [6.07, 6.45) is 2.02. The molecule has 6 nitrogen and oxygen atoms in total. The van der Waals surface area contributed by atoms with E-state index in [2.05, 4.69) is 0 Å². The quantitative estimate of drug-likeness (QED) is 0.795. The van der Waals surface area contributed by atoms with Crippen LogP contribution >= 0.6 is 0 Å². The van der Waals surface area contributed by atoms with Crippen LogP contribution in [0.2, 0.25) is 0 Å². The highest BCUT2D eigenvalue weighted by Gasteiger charge is 2.40. The van der Waals surface area contributed by atoms with Gasteiger partial charge in [-0.2, -0.15) is 17.0 Å². The summed E-state index contributed by atoms with van der Waals surface area (Å²) in [6, 6.07) is -0.930. The number of carboxylic acid groups (broad SMARTS) is 1. The smallest absolute Gasteiger partial charge is 0.322 e. The van der Waals surface area contributed by atoms with Crippen molar-refractivity contribution in [2.75, 3.05) is 20.6 Å². The average Bonchev–Trinajstić information content (AvgIpc) is 2.27. The van der Waals surface area contributed by atoms with Crippen molar-refractivity contribution in [2.24, 2.45) is 5.92 Å². The fraction of sp³-hybridized carbons (Fsp3) is 0.900. The standard InChI is InChI=1S/C10H20N2O4S/c1-4-8-5-6-12(9(7-8)10(13)14)17(15,16)11(2)3/h8-9H,4-7H2,1-3H3,(H,13,14). The number of carbonyl (C=O) groups is 1. The van der Waals surface area contributed by atoms with Crippen molar-refractivity contribution in [1.29, 1.82) is 0 Å². The Morgan fingerprint density at radius 3 is 2.47 bits per heavy atom. The second-order valence-corrected chi connectivity index (χ2v) is 6.65. The summed E-state index contributed by atoms with van der Waals surface area (Å²) in [7, 11) is -0.806. The lowest BCUT2D eigenvalue weighted by atomic mass is 9.90. The van der Waals surface area contributed by atoms with E-state index in [-0.39, 0.29) is 6.54 Å². The van der Waals surface area contributed by atoms with Crippen LogP contribution in [0.1, 0.15) is 26.2 Å². The Balaban J connectivity index is 2.96. The van der Waals surface area contributed by atoms with Gasteiger partial charge >= 0.3 is 5.97 Å². The zero-order valence-electron chi connectivity index (χ0n) is 10.5. The third-order valence-corrected chi connectivity index (χ3v) is 5.23. The monoisotopic (exact) mass is 264 g/mol. The van der Waals surface area contributed by atoms with E-state index >= 15 is 0 Å². The molecule has 0 aromatic heterocycles. The van der Waals surface area contributed by atoms with Gasteiger partial charge in [-0.25, -0.2) is 0 Å². The number of carboxylic acids is 1. The van der Waals surface area contributed by atoms with E-state index in [1.807, 2.05) is 6.92 Å². The van der Waals surface area contributed by atoms with E-state index in [1.54, 1.807) is 0 Å². The van der Waals surface area contributed by atoms with Crippen LogP contribution in [0.15, 0.2) is 0 Å². The van der Waals surface area contributed by atoms with Gasteiger partial charge in [-0.05, 0) is 18.8 Å². The highest BCUT2D eigenvalue weighted by atomic mass is 32.2. The van der Waals surface area contributed by atoms with Crippen molar-refractivity contribution >= 4 is 16.2 Å². The summed E-state index contributed by atoms with van der Waals surface area (Å²) in [5.41, 5.74) is 0. The van der Waals surface area contributed by atoms with E-state index < -0.39 is 22.2 Å². The Labute approximate surface area is 102 Å². The molecule has 0 spiro atoms. The molecule has 0 aromatic carbocycles. The van der Waals surface area contributed by atoms with Crippen molar-refractivity contribution in [3.05, 3.63) is 0 Å². The van der Waals surface area contributed by atoms with Crippen LogP contribution in [0.5, 0.6) is 0 Å². The SMILES string of the molecule is CCC1CCN(S(=O)(=O)N(C)C)C(C(=O)O)C1. The van der Waals surface area contributed by atoms with Crippen molar-refractivity contribution in [1.82, 2.24) is 8.61 Å². The minimum atomic E-state index is -3.64. The number of rotatable bonds is 4. The van der Waals surface area contributed by atoms with Crippen LogP contribution in [0.3, 0.4) is 0 Å². The maximum atomic E-state index is 12.0. The van der Waals surface area contributed by atoms with E-state index in [9.17, 15) is 13.2 Å². The topological polar surface area (TPSA) is 77.9 Å². The first kappa shape index (κ1) is 14.4. The van der Waals surface area contributed by atoms with Crippen LogP contribution < -0.4 is 0 Å². The van der Waals surface area contributed by atoms with Crippen LogP contribution in [0, 0.1) is 5.92 Å². The van der Waals surface area contributed by atoms with E-state index in [0.29, 0.717) is 12.3 Å². The van der Waals surface area contributed by atoms with Crippen molar-refractivity contribution < 1.29 is 18.3 Å². The second-order valence-electron chi connectivity index (χ2n) is 4.55. The van der Waals surface area contributed by atoms with Crippen LogP contribution in [-0.2, 0) is 15.0 Å². The van der Waals surface area contributed by atoms with Gasteiger partial charge in [0, 0.05) is 20.6 Å². The second kappa shape index (κ2) is 5.32. The van der Waals surface area contributed by atoms with Gasteiger partial charge in [-0.1, -0.05) is 13.3 Å². The normalized spacial score (nSPS) is 27.3. The molecule has 1 saturated heterocycles. The van der Waals surface area contributed by atoms with Gasteiger partial charge in [0.25, 0.3) is 10.2 Å². The van der Waals surface area contributed by atoms with Gasteiger partial charge in [-0.3, -0.25) is 4.79 Å². The lowest BCUT2D eigenvalue weighted by Gasteiger charge is -2.37. The molecule has 1 N–H and O–H groups in total. The molecule has 0 amide bonds. The predicted octanol–water partition coefficient (Wildman–Crippen LogP) is 0.368. The Morgan fingerprint density at radius 1 is 1.47 bits per heavy atom. The highest BCUT2D eigenvalue weighted by Crippen LogP contribution is 2.28. The maximum absolute atomic E-state index is 12.0. The van der Waals surface area contributed by atoms with Crippen LogP contribution in [-0.4, -0.2) is 54.8 Å². The first-order chi connectivity index (χ1) is 7.80. The lowest BCUT2D eigenvalue weighted by molar-refractivity contribution is -0.143. The third-order valence-electron chi connectivity index (χ3n) is 3.28. The molecule has 100 valence electrons. The van der Waals surface area contributed by atoms with Crippen molar-refractivity contribution in [2.45, 2.75) is 32.2 Å². The largest absolute Gasteiger partial charge is 0.480 e. The number of piperidine rings is 1. The fourth-order valence-corrected chi connectivity index (χ4v) is 3.35. The van der Waals surface area contributed by atoms with Gasteiger partial charge in [0.05, 0.1) is 0 Å². The van der Waals surface area contributed by atoms with Gasteiger partial charge in [0.1, 0.15) is 6.04 Å². The molecule has 2 unspecified atom stereocenters. The number of aliphatic carboxylic acids is 1. The van der Waals surface area contributed by atoms with Crippen molar-refractivity contribution in [3.8, 4) is 0 Å². The molecule has 1 aliphatic rings. The summed E-state index contributed by atoms with van der Waals surface area (Å²) < 4.78 is 26.1. The summed E-state index contributed by atoms with van der Waals surface area (Å²) in [6.45, 7) is 2.29. The molecule has 2 atom stereocenters. The minimum absolute atomic E-state index is 0.288.